The van der Waals surface area contributed by atoms with Crippen molar-refractivity contribution in [1.29, 1.82) is 0 Å². The average Bonchev–Trinajstić information content (AvgIpc) is 2.66. The Morgan fingerprint density at radius 3 is 2.21 bits per heavy atom. The number of hydrogen-bond donors (Lipinski definition) is 2. The highest BCUT2D eigenvalue weighted by atomic mass is 16.5. The van der Waals surface area contributed by atoms with E-state index in [9.17, 15) is 4.79 Å². The zero-order valence-corrected chi connectivity index (χ0v) is 17.5. The fraction of sp³-hybridized carbons (Fsp3) is 0.435. The molecule has 5 nitrogen and oxygen atoms in total. The van der Waals surface area contributed by atoms with Crippen LogP contribution in [0.1, 0.15) is 37.5 Å². The molecule has 5 heteroatoms. The first kappa shape index (κ1) is 20.2. The van der Waals surface area contributed by atoms with Gasteiger partial charge >= 0.3 is 0 Å². The van der Waals surface area contributed by atoms with Crippen LogP contribution in [0.5, 0.6) is 11.5 Å². The van der Waals surface area contributed by atoms with Gasteiger partial charge in [-0.3, -0.25) is 4.79 Å². The monoisotopic (exact) mass is 383 g/mol. The summed E-state index contributed by atoms with van der Waals surface area (Å²) in [6.45, 7) is 8.74. The van der Waals surface area contributed by atoms with Crippen molar-refractivity contribution in [3.05, 3.63) is 53.1 Å². The minimum absolute atomic E-state index is 0.0439. The zero-order valence-electron chi connectivity index (χ0n) is 17.5. The van der Waals surface area contributed by atoms with Gasteiger partial charge in [-0.05, 0) is 40.8 Å². The summed E-state index contributed by atoms with van der Waals surface area (Å²) in [7, 11) is 3.30. The maximum Gasteiger partial charge on any atom is 0.279 e. The number of ether oxygens (including phenoxy) is 2. The summed E-state index contributed by atoms with van der Waals surface area (Å²) in [6, 6.07) is 12.2. The van der Waals surface area contributed by atoms with E-state index in [4.69, 9.17) is 9.47 Å². The number of benzene rings is 2. The third-order valence-corrected chi connectivity index (χ3v) is 5.34. The Morgan fingerprint density at radius 1 is 1.04 bits per heavy atom. The number of quaternary nitrogens is 1. The van der Waals surface area contributed by atoms with E-state index in [2.05, 4.69) is 44.3 Å². The largest absolute Gasteiger partial charge is 0.493 e. The smallest absolute Gasteiger partial charge is 0.279 e. The van der Waals surface area contributed by atoms with Gasteiger partial charge in [0.25, 0.3) is 5.91 Å². The molecule has 0 radical (unpaired) electrons. The summed E-state index contributed by atoms with van der Waals surface area (Å²) in [5.74, 6) is 1.55. The van der Waals surface area contributed by atoms with Crippen molar-refractivity contribution in [3.8, 4) is 11.5 Å². The molecule has 2 aromatic carbocycles. The van der Waals surface area contributed by atoms with Crippen LogP contribution in [-0.2, 0) is 23.2 Å². The summed E-state index contributed by atoms with van der Waals surface area (Å²) >= 11 is 0. The van der Waals surface area contributed by atoms with Crippen LogP contribution in [0.2, 0.25) is 0 Å². The lowest BCUT2D eigenvalue weighted by atomic mass is 9.87. The lowest BCUT2D eigenvalue weighted by molar-refractivity contribution is -0.907. The number of carbonyl (C=O) groups excluding carboxylic acids is 1. The SMILES string of the molecule is COc1cc2c(cc1OC)C[NH+](CC(=O)Nc1ccc(C(C)(C)C)cc1)CC2. The van der Waals surface area contributed by atoms with Crippen molar-refractivity contribution in [1.82, 2.24) is 0 Å². The summed E-state index contributed by atoms with van der Waals surface area (Å²) in [5.41, 5.74) is 4.72. The average molecular weight is 384 g/mol. The van der Waals surface area contributed by atoms with Gasteiger partial charge in [0, 0.05) is 17.7 Å². The van der Waals surface area contributed by atoms with Crippen molar-refractivity contribution in [3.63, 3.8) is 0 Å². The van der Waals surface area contributed by atoms with Gasteiger partial charge in [-0.25, -0.2) is 0 Å². The quantitative estimate of drug-likeness (QED) is 0.834. The van der Waals surface area contributed by atoms with Gasteiger partial charge in [-0.2, -0.15) is 0 Å². The van der Waals surface area contributed by atoms with E-state index >= 15 is 0 Å². The van der Waals surface area contributed by atoms with E-state index in [1.54, 1.807) is 14.2 Å². The predicted molar refractivity (Wildman–Crippen MR) is 111 cm³/mol. The molecule has 1 atom stereocenters. The molecule has 28 heavy (non-hydrogen) atoms. The number of fused-ring (bicyclic) bond motifs is 1. The number of rotatable bonds is 5. The van der Waals surface area contributed by atoms with E-state index in [0.717, 1.165) is 36.7 Å². The molecule has 1 aliphatic heterocycles. The molecule has 0 spiro atoms. The number of anilines is 1. The van der Waals surface area contributed by atoms with Crippen LogP contribution in [-0.4, -0.2) is 33.2 Å². The highest BCUT2D eigenvalue weighted by Gasteiger charge is 2.24. The van der Waals surface area contributed by atoms with E-state index in [1.807, 2.05) is 18.2 Å². The molecule has 1 unspecified atom stereocenters. The van der Waals surface area contributed by atoms with Crippen LogP contribution in [0, 0.1) is 0 Å². The van der Waals surface area contributed by atoms with E-state index < -0.39 is 0 Å². The molecule has 2 N–H and O–H groups in total. The van der Waals surface area contributed by atoms with Crippen molar-refractivity contribution < 1.29 is 19.2 Å². The Bertz CT molecular complexity index is 838. The van der Waals surface area contributed by atoms with Gasteiger partial charge in [0.15, 0.2) is 18.0 Å². The van der Waals surface area contributed by atoms with Gasteiger partial charge in [0.1, 0.15) is 6.54 Å². The van der Waals surface area contributed by atoms with Crippen molar-refractivity contribution in [2.75, 3.05) is 32.6 Å². The second-order valence-corrected chi connectivity index (χ2v) is 8.45. The minimum Gasteiger partial charge on any atom is -0.493 e. The molecule has 1 amide bonds. The molecule has 1 heterocycles. The third kappa shape index (κ3) is 4.65. The number of amides is 1. The van der Waals surface area contributed by atoms with Gasteiger partial charge in [0.2, 0.25) is 0 Å². The standard InChI is InChI=1S/C23H30N2O3/c1-23(2,3)18-6-8-19(9-7-18)24-22(26)15-25-11-10-16-12-20(27-4)21(28-5)13-17(16)14-25/h6-9,12-13H,10-11,14-15H2,1-5H3,(H,24,26)/p+1. The fourth-order valence-corrected chi connectivity index (χ4v) is 3.67. The Hall–Kier alpha value is -2.53. The van der Waals surface area contributed by atoms with Crippen LogP contribution in [0.15, 0.2) is 36.4 Å². The highest BCUT2D eigenvalue weighted by Crippen LogP contribution is 2.31. The van der Waals surface area contributed by atoms with Gasteiger partial charge in [0.05, 0.1) is 20.8 Å². The molecule has 150 valence electrons. The van der Waals surface area contributed by atoms with Crippen LogP contribution < -0.4 is 19.7 Å². The molecule has 0 aliphatic carbocycles. The lowest BCUT2D eigenvalue weighted by Gasteiger charge is -2.26. The number of hydrogen-bond acceptors (Lipinski definition) is 3. The maximum absolute atomic E-state index is 12.5. The molecular formula is C23H31N2O3+. The Kier molecular flexibility index (Phi) is 5.94. The molecule has 2 aromatic rings. The first-order valence-corrected chi connectivity index (χ1v) is 9.78. The molecule has 0 bridgehead atoms. The van der Waals surface area contributed by atoms with Crippen molar-refractivity contribution in [2.24, 2.45) is 0 Å². The Labute approximate surface area is 167 Å². The molecule has 0 aromatic heterocycles. The second kappa shape index (κ2) is 8.23. The van der Waals surface area contributed by atoms with Crippen LogP contribution >= 0.6 is 0 Å². The third-order valence-electron chi connectivity index (χ3n) is 5.34. The summed E-state index contributed by atoms with van der Waals surface area (Å²) in [5, 5.41) is 3.03. The van der Waals surface area contributed by atoms with Crippen molar-refractivity contribution in [2.45, 2.75) is 39.2 Å². The molecule has 1 aliphatic rings. The fourth-order valence-electron chi connectivity index (χ4n) is 3.67. The molecule has 0 saturated heterocycles. The van der Waals surface area contributed by atoms with Crippen molar-refractivity contribution >= 4 is 11.6 Å². The Balaban J connectivity index is 1.61. The summed E-state index contributed by atoms with van der Waals surface area (Å²) in [6.07, 6.45) is 0.929. The molecular weight excluding hydrogens is 352 g/mol. The number of nitrogens with one attached hydrogen (secondary N) is 2. The Morgan fingerprint density at radius 2 is 1.64 bits per heavy atom. The molecule has 0 fully saturated rings. The van der Waals surface area contributed by atoms with E-state index in [0.29, 0.717) is 6.54 Å². The van der Waals surface area contributed by atoms with Crippen LogP contribution in [0.3, 0.4) is 0 Å². The minimum atomic E-state index is 0.0439. The van der Waals surface area contributed by atoms with E-state index in [-0.39, 0.29) is 11.3 Å². The second-order valence-electron chi connectivity index (χ2n) is 8.45. The summed E-state index contributed by atoms with van der Waals surface area (Å²) in [4.78, 5) is 13.8. The summed E-state index contributed by atoms with van der Waals surface area (Å²) < 4.78 is 10.8. The number of methoxy groups -OCH3 is 2. The maximum atomic E-state index is 12.5. The van der Waals surface area contributed by atoms with Gasteiger partial charge in [-0.1, -0.05) is 32.9 Å². The lowest BCUT2D eigenvalue weighted by Crippen LogP contribution is -3.12. The van der Waals surface area contributed by atoms with Gasteiger partial charge < -0.3 is 19.7 Å². The topological polar surface area (TPSA) is 52.0 Å². The zero-order chi connectivity index (χ0) is 20.3. The first-order valence-electron chi connectivity index (χ1n) is 9.78. The molecule has 0 saturated carbocycles. The highest BCUT2D eigenvalue weighted by molar-refractivity contribution is 5.91. The van der Waals surface area contributed by atoms with Gasteiger partial charge in [-0.15, -0.1) is 0 Å². The predicted octanol–water partition coefficient (Wildman–Crippen LogP) is 2.58. The first-order chi connectivity index (χ1) is 13.3. The number of carbonyl (C=O) groups is 1. The normalized spacial score (nSPS) is 16.2. The van der Waals surface area contributed by atoms with Crippen LogP contribution in [0.4, 0.5) is 5.69 Å². The van der Waals surface area contributed by atoms with Crippen LogP contribution in [0.25, 0.3) is 0 Å². The molecule has 3 rings (SSSR count). The van der Waals surface area contributed by atoms with E-state index in [1.165, 1.54) is 21.6 Å².